The monoisotopic (exact) mass is 283 g/mol. The van der Waals surface area contributed by atoms with Crippen LogP contribution in [0.2, 0.25) is 0 Å². The molecule has 2 aromatic rings. The molecule has 0 saturated heterocycles. The molecular weight excluding hydrogens is 258 g/mol. The van der Waals surface area contributed by atoms with Crippen LogP contribution in [-0.4, -0.2) is 6.04 Å². The second-order valence-corrected chi connectivity index (χ2v) is 6.06. The SMILES string of the molecule is CCc1ccc(CNC2CCC(c3ccccc3)CC2)o1. The van der Waals surface area contributed by atoms with Gasteiger partial charge < -0.3 is 9.73 Å². The quantitative estimate of drug-likeness (QED) is 0.863. The molecule has 1 fully saturated rings. The van der Waals surface area contributed by atoms with E-state index in [1.165, 1.54) is 31.2 Å². The lowest BCUT2D eigenvalue weighted by Gasteiger charge is -2.29. The Hall–Kier alpha value is -1.54. The van der Waals surface area contributed by atoms with Crippen molar-refractivity contribution >= 4 is 0 Å². The van der Waals surface area contributed by atoms with Gasteiger partial charge in [-0.25, -0.2) is 0 Å². The van der Waals surface area contributed by atoms with E-state index in [9.17, 15) is 0 Å². The van der Waals surface area contributed by atoms with Crippen molar-refractivity contribution in [3.63, 3.8) is 0 Å². The van der Waals surface area contributed by atoms with Crippen LogP contribution in [0.3, 0.4) is 0 Å². The third-order valence-electron chi connectivity index (χ3n) is 4.63. The third kappa shape index (κ3) is 3.76. The molecule has 3 rings (SSSR count). The average molecular weight is 283 g/mol. The highest BCUT2D eigenvalue weighted by molar-refractivity contribution is 5.20. The highest BCUT2D eigenvalue weighted by Crippen LogP contribution is 2.32. The van der Waals surface area contributed by atoms with Gasteiger partial charge >= 0.3 is 0 Å². The predicted octanol–water partition coefficient (Wildman–Crippen LogP) is 4.66. The van der Waals surface area contributed by atoms with Crippen molar-refractivity contribution in [3.8, 4) is 0 Å². The molecule has 1 aliphatic carbocycles. The minimum atomic E-state index is 0.639. The van der Waals surface area contributed by atoms with Crippen molar-refractivity contribution < 1.29 is 4.42 Å². The van der Waals surface area contributed by atoms with Gasteiger partial charge in [-0.3, -0.25) is 0 Å². The lowest BCUT2D eigenvalue weighted by Crippen LogP contribution is -2.32. The van der Waals surface area contributed by atoms with Crippen LogP contribution in [0.15, 0.2) is 46.9 Å². The minimum absolute atomic E-state index is 0.639. The topological polar surface area (TPSA) is 25.2 Å². The number of hydrogen-bond donors (Lipinski definition) is 1. The summed E-state index contributed by atoms with van der Waals surface area (Å²) in [7, 11) is 0. The first-order valence-corrected chi connectivity index (χ1v) is 8.21. The van der Waals surface area contributed by atoms with Gasteiger partial charge in [0.05, 0.1) is 6.54 Å². The van der Waals surface area contributed by atoms with Crippen LogP contribution in [0.4, 0.5) is 0 Å². The molecule has 1 aromatic carbocycles. The van der Waals surface area contributed by atoms with E-state index in [2.05, 4.69) is 54.7 Å². The summed E-state index contributed by atoms with van der Waals surface area (Å²) in [5.41, 5.74) is 1.51. The molecule has 0 atom stereocenters. The van der Waals surface area contributed by atoms with Gasteiger partial charge in [0.15, 0.2) is 0 Å². The van der Waals surface area contributed by atoms with E-state index < -0.39 is 0 Å². The molecular formula is C19H25NO. The van der Waals surface area contributed by atoms with Gasteiger partial charge in [-0.1, -0.05) is 37.3 Å². The molecule has 1 heterocycles. The van der Waals surface area contributed by atoms with Gasteiger partial charge in [-0.05, 0) is 49.3 Å². The van der Waals surface area contributed by atoms with E-state index in [0.29, 0.717) is 6.04 Å². The van der Waals surface area contributed by atoms with E-state index in [4.69, 9.17) is 4.42 Å². The molecule has 0 spiro atoms. The Labute approximate surface area is 127 Å². The van der Waals surface area contributed by atoms with Crippen molar-refractivity contribution in [1.29, 1.82) is 0 Å². The van der Waals surface area contributed by atoms with Gasteiger partial charge in [0.2, 0.25) is 0 Å². The molecule has 1 saturated carbocycles. The zero-order chi connectivity index (χ0) is 14.5. The molecule has 112 valence electrons. The van der Waals surface area contributed by atoms with Crippen molar-refractivity contribution in [2.75, 3.05) is 0 Å². The fourth-order valence-corrected chi connectivity index (χ4v) is 3.31. The summed E-state index contributed by atoms with van der Waals surface area (Å²) in [4.78, 5) is 0. The number of hydrogen-bond acceptors (Lipinski definition) is 2. The van der Waals surface area contributed by atoms with Crippen LogP contribution in [0.1, 0.15) is 55.6 Å². The van der Waals surface area contributed by atoms with Crippen LogP contribution >= 0.6 is 0 Å². The molecule has 0 radical (unpaired) electrons. The summed E-state index contributed by atoms with van der Waals surface area (Å²) in [6, 6.07) is 15.8. The van der Waals surface area contributed by atoms with E-state index in [-0.39, 0.29) is 0 Å². The number of benzene rings is 1. The molecule has 0 aliphatic heterocycles. The minimum Gasteiger partial charge on any atom is -0.465 e. The molecule has 0 unspecified atom stereocenters. The van der Waals surface area contributed by atoms with E-state index in [1.54, 1.807) is 0 Å². The number of rotatable bonds is 5. The van der Waals surface area contributed by atoms with Crippen molar-refractivity contribution in [1.82, 2.24) is 5.32 Å². The number of aryl methyl sites for hydroxylation is 1. The van der Waals surface area contributed by atoms with Gasteiger partial charge in [-0.15, -0.1) is 0 Å². The third-order valence-corrected chi connectivity index (χ3v) is 4.63. The molecule has 1 aliphatic rings. The molecule has 0 amide bonds. The Balaban J connectivity index is 1.45. The van der Waals surface area contributed by atoms with Crippen molar-refractivity contribution in [2.45, 2.75) is 57.5 Å². The van der Waals surface area contributed by atoms with E-state index in [1.807, 2.05) is 0 Å². The lowest BCUT2D eigenvalue weighted by atomic mass is 9.82. The van der Waals surface area contributed by atoms with Gasteiger partial charge in [-0.2, -0.15) is 0 Å². The standard InChI is InChI=1S/C19H25NO/c1-2-18-12-13-19(21-18)14-20-17-10-8-16(9-11-17)15-6-4-3-5-7-15/h3-7,12-13,16-17,20H,2,8-11,14H2,1H3. The normalized spacial score (nSPS) is 22.3. The molecule has 1 N–H and O–H groups in total. The molecule has 2 heteroatoms. The van der Waals surface area contributed by atoms with Crippen LogP contribution < -0.4 is 5.32 Å². The van der Waals surface area contributed by atoms with Crippen LogP contribution in [0.5, 0.6) is 0 Å². The first-order chi connectivity index (χ1) is 10.3. The first kappa shape index (κ1) is 14.4. The van der Waals surface area contributed by atoms with Gasteiger partial charge in [0.1, 0.15) is 11.5 Å². The maximum Gasteiger partial charge on any atom is 0.117 e. The summed E-state index contributed by atoms with van der Waals surface area (Å²) >= 11 is 0. The highest BCUT2D eigenvalue weighted by atomic mass is 16.3. The van der Waals surface area contributed by atoms with Gasteiger partial charge in [0, 0.05) is 12.5 Å². The summed E-state index contributed by atoms with van der Waals surface area (Å²) in [6.45, 7) is 2.99. The Morgan fingerprint density at radius 3 is 2.33 bits per heavy atom. The fourth-order valence-electron chi connectivity index (χ4n) is 3.31. The zero-order valence-electron chi connectivity index (χ0n) is 12.8. The second-order valence-electron chi connectivity index (χ2n) is 6.06. The van der Waals surface area contributed by atoms with Crippen LogP contribution in [0, 0.1) is 0 Å². The zero-order valence-corrected chi connectivity index (χ0v) is 12.8. The fraction of sp³-hybridized carbons (Fsp3) is 0.474. The lowest BCUT2D eigenvalue weighted by molar-refractivity contribution is 0.329. The van der Waals surface area contributed by atoms with Gasteiger partial charge in [0.25, 0.3) is 0 Å². The summed E-state index contributed by atoms with van der Waals surface area (Å²) < 4.78 is 5.75. The summed E-state index contributed by atoms with van der Waals surface area (Å²) in [6.07, 6.45) is 6.09. The Kier molecular flexibility index (Phi) is 4.76. The molecule has 21 heavy (non-hydrogen) atoms. The average Bonchev–Trinajstić information content (AvgIpc) is 3.02. The van der Waals surface area contributed by atoms with Crippen LogP contribution in [0.25, 0.3) is 0 Å². The van der Waals surface area contributed by atoms with Crippen molar-refractivity contribution in [3.05, 3.63) is 59.5 Å². The Morgan fingerprint density at radius 1 is 0.952 bits per heavy atom. The summed E-state index contributed by atoms with van der Waals surface area (Å²) in [5.74, 6) is 2.90. The molecule has 1 aromatic heterocycles. The summed E-state index contributed by atoms with van der Waals surface area (Å²) in [5, 5.41) is 3.65. The highest BCUT2D eigenvalue weighted by Gasteiger charge is 2.21. The molecule has 2 nitrogen and oxygen atoms in total. The maximum atomic E-state index is 5.75. The van der Waals surface area contributed by atoms with E-state index >= 15 is 0 Å². The number of furan rings is 1. The largest absolute Gasteiger partial charge is 0.465 e. The molecule has 0 bridgehead atoms. The Bertz CT molecular complexity index is 538. The van der Waals surface area contributed by atoms with E-state index in [0.717, 1.165) is 30.4 Å². The van der Waals surface area contributed by atoms with Crippen molar-refractivity contribution in [2.24, 2.45) is 0 Å². The Morgan fingerprint density at radius 2 is 1.67 bits per heavy atom. The first-order valence-electron chi connectivity index (χ1n) is 8.21. The number of nitrogens with one attached hydrogen (secondary N) is 1. The predicted molar refractivity (Wildman–Crippen MR) is 86.4 cm³/mol. The smallest absolute Gasteiger partial charge is 0.117 e. The second kappa shape index (κ2) is 6.95. The maximum absolute atomic E-state index is 5.75. The van der Waals surface area contributed by atoms with Crippen LogP contribution in [-0.2, 0) is 13.0 Å².